The minimum absolute atomic E-state index is 0.265. The maximum atomic E-state index is 12.7. The zero-order chi connectivity index (χ0) is 23.7. The quantitative estimate of drug-likeness (QED) is 0.700. The highest BCUT2D eigenvalue weighted by Gasteiger charge is 2.33. The predicted octanol–water partition coefficient (Wildman–Crippen LogP) is 4.51. The van der Waals surface area contributed by atoms with Crippen molar-refractivity contribution < 1.29 is 27.8 Å². The smallest absolute Gasteiger partial charge is 0.410 e. The van der Waals surface area contributed by atoms with Gasteiger partial charge in [-0.3, -0.25) is 4.79 Å². The molecule has 6 nitrogen and oxygen atoms in total. The topological polar surface area (TPSA) is 71.8 Å². The highest BCUT2D eigenvalue weighted by Crippen LogP contribution is 2.29. The number of pyridine rings is 1. The number of halogens is 3. The van der Waals surface area contributed by atoms with Gasteiger partial charge >= 0.3 is 12.3 Å². The standard InChI is InChI=1S/C23H27F3N2O4/c1-15(28-11-10-19(32-21(28)30)12-22(2,3)31)16-4-6-17(7-5-16)18-8-9-20(29)27(13-18)14-23(24,25)26/h4-9,13,15,19,31H,10-12,14H2,1-3H3. The largest absolute Gasteiger partial charge is 0.446 e. The van der Waals surface area contributed by atoms with Gasteiger partial charge in [0.1, 0.15) is 12.6 Å². The second kappa shape index (κ2) is 8.97. The van der Waals surface area contributed by atoms with Crippen LogP contribution in [0, 0.1) is 0 Å². The van der Waals surface area contributed by atoms with Crippen LogP contribution < -0.4 is 5.56 Å². The molecule has 1 aromatic carbocycles. The van der Waals surface area contributed by atoms with E-state index in [1.807, 2.05) is 6.92 Å². The van der Waals surface area contributed by atoms with Gasteiger partial charge in [-0.15, -0.1) is 0 Å². The predicted molar refractivity (Wildman–Crippen MR) is 113 cm³/mol. The summed E-state index contributed by atoms with van der Waals surface area (Å²) >= 11 is 0. The maximum absolute atomic E-state index is 12.7. The Morgan fingerprint density at radius 3 is 2.28 bits per heavy atom. The van der Waals surface area contributed by atoms with Crippen molar-refractivity contribution in [2.75, 3.05) is 6.54 Å². The summed E-state index contributed by atoms with van der Waals surface area (Å²) in [5.74, 6) is 0. The van der Waals surface area contributed by atoms with Crippen LogP contribution in [-0.2, 0) is 11.3 Å². The summed E-state index contributed by atoms with van der Waals surface area (Å²) in [6.45, 7) is 4.36. The number of ether oxygens (including phenoxy) is 1. The number of hydrogen-bond acceptors (Lipinski definition) is 4. The number of cyclic esters (lactones) is 1. The third-order valence-corrected chi connectivity index (χ3v) is 5.45. The summed E-state index contributed by atoms with van der Waals surface area (Å²) in [4.78, 5) is 25.8. The van der Waals surface area contributed by atoms with Crippen molar-refractivity contribution in [1.82, 2.24) is 9.47 Å². The van der Waals surface area contributed by atoms with Crippen LogP contribution in [-0.4, -0.2) is 45.1 Å². The molecular formula is C23H27F3N2O4. The van der Waals surface area contributed by atoms with Gasteiger partial charge in [-0.05, 0) is 43.5 Å². The van der Waals surface area contributed by atoms with Crippen LogP contribution in [0.25, 0.3) is 11.1 Å². The molecule has 0 aliphatic carbocycles. The average Bonchev–Trinajstić information content (AvgIpc) is 2.67. The van der Waals surface area contributed by atoms with Gasteiger partial charge in [0.2, 0.25) is 0 Å². The van der Waals surface area contributed by atoms with E-state index in [0.717, 1.165) is 11.6 Å². The molecule has 0 saturated carbocycles. The monoisotopic (exact) mass is 452 g/mol. The minimum atomic E-state index is -4.49. The summed E-state index contributed by atoms with van der Waals surface area (Å²) < 4.78 is 44.2. The van der Waals surface area contributed by atoms with Crippen molar-refractivity contribution in [2.24, 2.45) is 0 Å². The van der Waals surface area contributed by atoms with Crippen molar-refractivity contribution >= 4 is 6.09 Å². The molecule has 32 heavy (non-hydrogen) atoms. The number of carbonyl (C=O) groups excluding carboxylic acids is 1. The fourth-order valence-corrected chi connectivity index (χ4v) is 3.85. The molecule has 174 valence electrons. The lowest BCUT2D eigenvalue weighted by Crippen LogP contribution is -2.45. The van der Waals surface area contributed by atoms with Crippen LogP contribution in [0.2, 0.25) is 0 Å². The third-order valence-electron chi connectivity index (χ3n) is 5.45. The molecule has 2 atom stereocenters. The van der Waals surface area contributed by atoms with E-state index < -0.39 is 30.0 Å². The van der Waals surface area contributed by atoms with Crippen LogP contribution in [0.4, 0.5) is 18.0 Å². The molecule has 1 aliphatic heterocycles. The second-order valence-electron chi connectivity index (χ2n) is 8.80. The fraction of sp³-hybridized carbons (Fsp3) is 0.478. The Labute approximate surface area is 184 Å². The van der Waals surface area contributed by atoms with Crippen LogP contribution in [0.3, 0.4) is 0 Å². The highest BCUT2D eigenvalue weighted by atomic mass is 19.4. The van der Waals surface area contributed by atoms with E-state index in [2.05, 4.69) is 0 Å². The molecule has 0 bridgehead atoms. The average molecular weight is 452 g/mol. The third kappa shape index (κ3) is 6.12. The summed E-state index contributed by atoms with van der Waals surface area (Å²) in [6.07, 6.45) is -3.09. The lowest BCUT2D eigenvalue weighted by molar-refractivity contribution is -0.141. The molecule has 0 spiro atoms. The number of nitrogens with zero attached hydrogens (tertiary/aromatic N) is 2. The second-order valence-corrected chi connectivity index (χ2v) is 8.80. The number of aliphatic hydroxyl groups is 1. The molecule has 3 rings (SSSR count). The Balaban J connectivity index is 1.72. The van der Waals surface area contributed by atoms with Gasteiger partial charge in [-0.2, -0.15) is 13.2 Å². The molecule has 1 saturated heterocycles. The normalized spacial score (nSPS) is 18.4. The molecule has 2 unspecified atom stereocenters. The number of carbonyl (C=O) groups is 1. The Morgan fingerprint density at radius 1 is 1.09 bits per heavy atom. The van der Waals surface area contributed by atoms with Gasteiger partial charge in [0, 0.05) is 31.6 Å². The molecule has 2 aromatic rings. The summed E-state index contributed by atoms with van der Waals surface area (Å²) in [7, 11) is 0. The Kier molecular flexibility index (Phi) is 6.69. The first-order valence-electron chi connectivity index (χ1n) is 10.4. The Morgan fingerprint density at radius 2 is 1.72 bits per heavy atom. The first-order chi connectivity index (χ1) is 14.8. The summed E-state index contributed by atoms with van der Waals surface area (Å²) in [5, 5.41) is 9.94. The molecule has 9 heteroatoms. The molecule has 0 radical (unpaired) electrons. The molecule has 1 N–H and O–H groups in total. The van der Waals surface area contributed by atoms with Crippen LogP contribution in [0.1, 0.15) is 45.2 Å². The SMILES string of the molecule is CC(c1ccc(-c2ccc(=O)n(CC(F)(F)F)c2)cc1)N1CCC(CC(C)(C)O)OC1=O. The Hall–Kier alpha value is -2.81. The van der Waals surface area contributed by atoms with E-state index in [4.69, 9.17) is 4.74 Å². The maximum Gasteiger partial charge on any atom is 0.410 e. The van der Waals surface area contributed by atoms with E-state index >= 15 is 0 Å². The van der Waals surface area contributed by atoms with Crippen LogP contribution >= 0.6 is 0 Å². The van der Waals surface area contributed by atoms with Gasteiger partial charge in [0.05, 0.1) is 11.6 Å². The van der Waals surface area contributed by atoms with E-state index in [1.165, 1.54) is 12.3 Å². The Bertz CT molecular complexity index is 1010. The van der Waals surface area contributed by atoms with Crippen molar-refractivity contribution in [3.05, 3.63) is 58.5 Å². The molecule has 1 fully saturated rings. The molecule has 2 heterocycles. The van der Waals surface area contributed by atoms with Crippen molar-refractivity contribution in [2.45, 2.75) is 64.1 Å². The van der Waals surface area contributed by atoms with E-state index in [1.54, 1.807) is 43.0 Å². The van der Waals surface area contributed by atoms with Gasteiger partial charge in [-0.1, -0.05) is 24.3 Å². The highest BCUT2D eigenvalue weighted by molar-refractivity contribution is 5.69. The molecule has 1 amide bonds. The minimum Gasteiger partial charge on any atom is -0.446 e. The lowest BCUT2D eigenvalue weighted by Gasteiger charge is -2.37. The first-order valence-corrected chi connectivity index (χ1v) is 10.4. The van der Waals surface area contributed by atoms with Crippen molar-refractivity contribution in [3.63, 3.8) is 0 Å². The summed E-state index contributed by atoms with van der Waals surface area (Å²) in [5.41, 5.74) is 0.346. The number of amides is 1. The van der Waals surface area contributed by atoms with Crippen LogP contribution in [0.15, 0.2) is 47.4 Å². The van der Waals surface area contributed by atoms with E-state index in [-0.39, 0.29) is 12.1 Å². The summed E-state index contributed by atoms with van der Waals surface area (Å²) in [6, 6.07) is 9.43. The van der Waals surface area contributed by atoms with E-state index in [0.29, 0.717) is 35.1 Å². The van der Waals surface area contributed by atoms with Gasteiger partial charge in [0.25, 0.3) is 5.56 Å². The van der Waals surface area contributed by atoms with Crippen LogP contribution in [0.5, 0.6) is 0 Å². The zero-order valence-corrected chi connectivity index (χ0v) is 18.2. The number of rotatable bonds is 6. The van der Waals surface area contributed by atoms with Gasteiger partial charge < -0.3 is 19.3 Å². The van der Waals surface area contributed by atoms with Gasteiger partial charge in [-0.25, -0.2) is 4.79 Å². The lowest BCUT2D eigenvalue weighted by atomic mass is 9.97. The fourth-order valence-electron chi connectivity index (χ4n) is 3.85. The van der Waals surface area contributed by atoms with Crippen molar-refractivity contribution in [3.8, 4) is 11.1 Å². The molecule has 1 aromatic heterocycles. The number of aromatic nitrogens is 1. The van der Waals surface area contributed by atoms with Gasteiger partial charge in [0.15, 0.2) is 0 Å². The number of alkyl halides is 3. The van der Waals surface area contributed by atoms with E-state index in [9.17, 15) is 27.9 Å². The van der Waals surface area contributed by atoms with Crippen molar-refractivity contribution in [1.29, 1.82) is 0 Å². The molecular weight excluding hydrogens is 425 g/mol. The first kappa shape index (κ1) is 23.8. The molecule has 1 aliphatic rings. The number of hydrogen-bond donors (Lipinski definition) is 1. The number of benzene rings is 1. The zero-order valence-electron chi connectivity index (χ0n) is 18.2.